The third-order valence-corrected chi connectivity index (χ3v) is 1.83. The topological polar surface area (TPSA) is 15.3 Å². The molecule has 0 atom stereocenters. The summed E-state index contributed by atoms with van der Waals surface area (Å²) in [6.07, 6.45) is 1.31. The highest BCUT2D eigenvalue weighted by atomic mass is 15.1. The van der Waals surface area contributed by atoms with Crippen molar-refractivity contribution in [1.29, 1.82) is 0 Å². The molecule has 0 aliphatic rings. The van der Waals surface area contributed by atoms with Gasteiger partial charge in [-0.2, -0.15) is 0 Å². The van der Waals surface area contributed by atoms with Crippen LogP contribution in [-0.4, -0.2) is 38.6 Å². The van der Waals surface area contributed by atoms with Crippen LogP contribution >= 0.6 is 0 Å². The molecule has 0 radical (unpaired) electrons. The summed E-state index contributed by atoms with van der Waals surface area (Å²) < 4.78 is 0. The van der Waals surface area contributed by atoms with Gasteiger partial charge in [0.1, 0.15) is 0 Å². The van der Waals surface area contributed by atoms with Crippen molar-refractivity contribution in [3.8, 4) is 0 Å². The first-order valence-corrected chi connectivity index (χ1v) is 4.50. The summed E-state index contributed by atoms with van der Waals surface area (Å²) in [5.41, 5.74) is 0. The second kappa shape index (κ2) is 6.62. The van der Waals surface area contributed by atoms with Crippen LogP contribution in [0.1, 0.15) is 20.3 Å². The van der Waals surface area contributed by atoms with E-state index in [1.807, 2.05) is 7.05 Å². The van der Waals surface area contributed by atoms with Crippen molar-refractivity contribution < 1.29 is 0 Å². The molecule has 2 heteroatoms. The Hall–Kier alpha value is -0.0800. The number of hydrogen-bond acceptors (Lipinski definition) is 2. The first-order chi connectivity index (χ1) is 5.16. The smallest absolute Gasteiger partial charge is 0.0104 e. The van der Waals surface area contributed by atoms with Gasteiger partial charge in [-0.1, -0.05) is 13.8 Å². The Labute approximate surface area is 71.0 Å². The van der Waals surface area contributed by atoms with Crippen LogP contribution in [0, 0.1) is 5.92 Å². The molecule has 0 amide bonds. The van der Waals surface area contributed by atoms with Crippen LogP contribution in [0.4, 0.5) is 0 Å². The molecule has 0 saturated carbocycles. The Morgan fingerprint density at radius 3 is 2.36 bits per heavy atom. The SMILES string of the molecule is CNCCN(C)CCC(C)C. The van der Waals surface area contributed by atoms with Gasteiger partial charge in [0, 0.05) is 13.1 Å². The van der Waals surface area contributed by atoms with Crippen LogP contribution in [0.2, 0.25) is 0 Å². The highest BCUT2D eigenvalue weighted by molar-refractivity contribution is 4.54. The molecule has 0 unspecified atom stereocenters. The fraction of sp³-hybridized carbons (Fsp3) is 1.00. The van der Waals surface area contributed by atoms with Crippen molar-refractivity contribution >= 4 is 0 Å². The normalized spacial score (nSPS) is 11.5. The maximum absolute atomic E-state index is 3.14. The summed E-state index contributed by atoms with van der Waals surface area (Å²) >= 11 is 0. The molecule has 0 fully saturated rings. The average molecular weight is 158 g/mol. The first-order valence-electron chi connectivity index (χ1n) is 4.50. The molecule has 0 aliphatic heterocycles. The van der Waals surface area contributed by atoms with Gasteiger partial charge in [0.25, 0.3) is 0 Å². The van der Waals surface area contributed by atoms with Gasteiger partial charge in [0.15, 0.2) is 0 Å². The number of nitrogens with one attached hydrogen (secondary N) is 1. The van der Waals surface area contributed by atoms with Gasteiger partial charge < -0.3 is 10.2 Å². The molecular weight excluding hydrogens is 136 g/mol. The second-order valence-electron chi connectivity index (χ2n) is 3.59. The van der Waals surface area contributed by atoms with Crippen molar-refractivity contribution in [3.05, 3.63) is 0 Å². The van der Waals surface area contributed by atoms with Crippen LogP contribution in [-0.2, 0) is 0 Å². The molecule has 68 valence electrons. The predicted octanol–water partition coefficient (Wildman–Crippen LogP) is 1.18. The van der Waals surface area contributed by atoms with Crippen LogP contribution in [0.5, 0.6) is 0 Å². The van der Waals surface area contributed by atoms with Gasteiger partial charge in [-0.05, 0) is 33.0 Å². The van der Waals surface area contributed by atoms with Gasteiger partial charge in [-0.3, -0.25) is 0 Å². The zero-order chi connectivity index (χ0) is 8.69. The van der Waals surface area contributed by atoms with Gasteiger partial charge in [0.05, 0.1) is 0 Å². The number of likely N-dealkylation sites (N-methyl/N-ethyl adjacent to an activating group) is 2. The van der Waals surface area contributed by atoms with E-state index in [1.54, 1.807) is 0 Å². The Morgan fingerprint density at radius 1 is 1.27 bits per heavy atom. The lowest BCUT2D eigenvalue weighted by Crippen LogP contribution is -2.28. The molecule has 0 bridgehead atoms. The standard InChI is InChI=1S/C9H22N2/c1-9(2)5-7-11(4)8-6-10-3/h9-10H,5-8H2,1-4H3. The van der Waals surface area contributed by atoms with E-state index in [2.05, 4.69) is 31.1 Å². The van der Waals surface area contributed by atoms with E-state index in [1.165, 1.54) is 13.0 Å². The lowest BCUT2D eigenvalue weighted by Gasteiger charge is -2.17. The minimum absolute atomic E-state index is 0.826. The minimum Gasteiger partial charge on any atom is -0.318 e. The maximum atomic E-state index is 3.14. The van der Waals surface area contributed by atoms with Gasteiger partial charge >= 0.3 is 0 Å². The zero-order valence-electron chi connectivity index (χ0n) is 8.35. The molecule has 0 aromatic heterocycles. The second-order valence-corrected chi connectivity index (χ2v) is 3.59. The Bertz CT molecular complexity index is 81.6. The minimum atomic E-state index is 0.826. The molecule has 0 aliphatic carbocycles. The van der Waals surface area contributed by atoms with E-state index in [-0.39, 0.29) is 0 Å². The molecule has 0 saturated heterocycles. The predicted molar refractivity (Wildman–Crippen MR) is 50.9 cm³/mol. The van der Waals surface area contributed by atoms with Crippen molar-refractivity contribution in [3.63, 3.8) is 0 Å². The van der Waals surface area contributed by atoms with Crippen molar-refractivity contribution in [2.24, 2.45) is 5.92 Å². The summed E-state index contributed by atoms with van der Waals surface area (Å²) in [6, 6.07) is 0. The molecule has 1 N–H and O–H groups in total. The van der Waals surface area contributed by atoms with E-state index >= 15 is 0 Å². The van der Waals surface area contributed by atoms with Gasteiger partial charge in [0.2, 0.25) is 0 Å². The fourth-order valence-electron chi connectivity index (χ4n) is 0.893. The Balaban J connectivity index is 3.15. The first kappa shape index (κ1) is 10.9. The number of rotatable bonds is 6. The molecule has 0 heterocycles. The Morgan fingerprint density at radius 2 is 1.91 bits per heavy atom. The van der Waals surface area contributed by atoms with Gasteiger partial charge in [-0.25, -0.2) is 0 Å². The highest BCUT2D eigenvalue weighted by Crippen LogP contribution is 1.99. The average Bonchev–Trinajstić information content (AvgIpc) is 1.97. The van der Waals surface area contributed by atoms with Crippen LogP contribution < -0.4 is 5.32 Å². The molecule has 11 heavy (non-hydrogen) atoms. The highest BCUT2D eigenvalue weighted by Gasteiger charge is 1.98. The number of hydrogen-bond donors (Lipinski definition) is 1. The quantitative estimate of drug-likeness (QED) is 0.624. The molecule has 0 spiro atoms. The van der Waals surface area contributed by atoms with E-state index < -0.39 is 0 Å². The van der Waals surface area contributed by atoms with Gasteiger partial charge in [-0.15, -0.1) is 0 Å². The van der Waals surface area contributed by atoms with Crippen LogP contribution in [0.15, 0.2) is 0 Å². The summed E-state index contributed by atoms with van der Waals surface area (Å²) in [7, 11) is 4.18. The van der Waals surface area contributed by atoms with Crippen molar-refractivity contribution in [1.82, 2.24) is 10.2 Å². The van der Waals surface area contributed by atoms with Crippen molar-refractivity contribution in [2.45, 2.75) is 20.3 Å². The Kier molecular flexibility index (Phi) is 6.57. The van der Waals surface area contributed by atoms with Crippen molar-refractivity contribution in [2.75, 3.05) is 33.7 Å². The van der Waals surface area contributed by atoms with Crippen LogP contribution in [0.3, 0.4) is 0 Å². The van der Waals surface area contributed by atoms with E-state index in [9.17, 15) is 0 Å². The summed E-state index contributed by atoms with van der Waals surface area (Å²) in [4.78, 5) is 2.37. The third-order valence-electron chi connectivity index (χ3n) is 1.83. The summed E-state index contributed by atoms with van der Waals surface area (Å²) in [5, 5.41) is 3.14. The lowest BCUT2D eigenvalue weighted by molar-refractivity contribution is 0.312. The molecule has 2 nitrogen and oxygen atoms in total. The number of nitrogens with zero attached hydrogens (tertiary/aromatic N) is 1. The van der Waals surface area contributed by atoms with E-state index in [0.717, 1.165) is 19.0 Å². The third kappa shape index (κ3) is 7.82. The molecule has 0 rings (SSSR count). The van der Waals surface area contributed by atoms with Crippen LogP contribution in [0.25, 0.3) is 0 Å². The maximum Gasteiger partial charge on any atom is 0.0104 e. The summed E-state index contributed by atoms with van der Waals surface area (Å²) in [6.45, 7) is 8.01. The summed E-state index contributed by atoms with van der Waals surface area (Å²) in [5.74, 6) is 0.826. The lowest BCUT2D eigenvalue weighted by atomic mass is 10.1. The molecule has 0 aromatic carbocycles. The fourth-order valence-corrected chi connectivity index (χ4v) is 0.893. The van der Waals surface area contributed by atoms with E-state index in [0.29, 0.717) is 0 Å². The van der Waals surface area contributed by atoms with E-state index in [4.69, 9.17) is 0 Å². The monoisotopic (exact) mass is 158 g/mol. The largest absolute Gasteiger partial charge is 0.318 e. The zero-order valence-corrected chi connectivity index (χ0v) is 8.35. The molecule has 0 aromatic rings. The molecular formula is C9H22N2.